The fourth-order valence-electron chi connectivity index (χ4n) is 3.35. The number of rotatable bonds is 5. The number of hydrogen-bond acceptors (Lipinski definition) is 4. The molecule has 5 heteroatoms. The summed E-state index contributed by atoms with van der Waals surface area (Å²) in [6.45, 7) is 3.24. The topological polar surface area (TPSA) is 36.4 Å². The SMILES string of the molecule is O=C(CCc1ccccc1)N1CCN(c2nc(-c3ccccc3)cs2)CC1. The number of thiazole rings is 1. The minimum Gasteiger partial charge on any atom is -0.345 e. The third-order valence-corrected chi connectivity index (χ3v) is 5.84. The van der Waals surface area contributed by atoms with Crippen molar-refractivity contribution in [2.75, 3.05) is 31.1 Å². The normalized spacial score (nSPS) is 14.4. The molecule has 4 nitrogen and oxygen atoms in total. The lowest BCUT2D eigenvalue weighted by Gasteiger charge is -2.34. The molecule has 0 spiro atoms. The fraction of sp³-hybridized carbons (Fsp3) is 0.273. The molecule has 1 aliphatic rings. The van der Waals surface area contributed by atoms with E-state index in [-0.39, 0.29) is 5.91 Å². The molecule has 2 aromatic carbocycles. The highest BCUT2D eigenvalue weighted by Gasteiger charge is 2.22. The van der Waals surface area contributed by atoms with Gasteiger partial charge in [-0.2, -0.15) is 0 Å². The Labute approximate surface area is 164 Å². The summed E-state index contributed by atoms with van der Waals surface area (Å²) in [5.74, 6) is 0.252. The quantitative estimate of drug-likeness (QED) is 0.672. The minimum atomic E-state index is 0.252. The maximum atomic E-state index is 12.5. The Bertz CT molecular complexity index is 871. The molecule has 138 valence electrons. The Morgan fingerprint density at radius 2 is 1.59 bits per heavy atom. The van der Waals surface area contributed by atoms with Gasteiger partial charge in [0, 0.05) is 43.5 Å². The summed E-state index contributed by atoms with van der Waals surface area (Å²) in [5.41, 5.74) is 3.40. The monoisotopic (exact) mass is 377 g/mol. The predicted octanol–water partition coefficient (Wildman–Crippen LogP) is 4.09. The first-order chi connectivity index (χ1) is 13.3. The molecular weight excluding hydrogens is 354 g/mol. The van der Waals surface area contributed by atoms with E-state index in [1.54, 1.807) is 11.3 Å². The first-order valence-corrected chi connectivity index (χ1v) is 10.3. The molecule has 1 fully saturated rings. The number of hydrogen-bond donors (Lipinski definition) is 0. The van der Waals surface area contributed by atoms with Gasteiger partial charge in [0.05, 0.1) is 5.69 Å². The van der Waals surface area contributed by atoms with Crippen molar-refractivity contribution >= 4 is 22.4 Å². The van der Waals surface area contributed by atoms with Gasteiger partial charge in [-0.3, -0.25) is 4.79 Å². The van der Waals surface area contributed by atoms with E-state index in [9.17, 15) is 4.79 Å². The molecule has 2 heterocycles. The molecule has 0 bridgehead atoms. The van der Waals surface area contributed by atoms with Crippen LogP contribution in [0, 0.1) is 0 Å². The van der Waals surface area contributed by atoms with Gasteiger partial charge < -0.3 is 9.80 Å². The highest BCUT2D eigenvalue weighted by Crippen LogP contribution is 2.28. The number of aryl methyl sites for hydroxylation is 1. The Hall–Kier alpha value is -2.66. The average molecular weight is 378 g/mol. The summed E-state index contributed by atoms with van der Waals surface area (Å²) in [7, 11) is 0. The smallest absolute Gasteiger partial charge is 0.223 e. The van der Waals surface area contributed by atoms with Gasteiger partial charge in [-0.15, -0.1) is 11.3 Å². The van der Waals surface area contributed by atoms with Crippen LogP contribution in [0.3, 0.4) is 0 Å². The van der Waals surface area contributed by atoms with Crippen LogP contribution >= 0.6 is 11.3 Å². The Morgan fingerprint density at radius 3 is 2.30 bits per heavy atom. The van der Waals surface area contributed by atoms with E-state index in [4.69, 9.17) is 4.98 Å². The summed E-state index contributed by atoms with van der Waals surface area (Å²) in [6.07, 6.45) is 1.40. The lowest BCUT2D eigenvalue weighted by atomic mass is 10.1. The molecule has 0 unspecified atom stereocenters. The van der Waals surface area contributed by atoms with Crippen molar-refractivity contribution in [2.45, 2.75) is 12.8 Å². The van der Waals surface area contributed by atoms with Crippen molar-refractivity contribution in [1.29, 1.82) is 0 Å². The second kappa shape index (κ2) is 8.35. The summed E-state index contributed by atoms with van der Waals surface area (Å²) in [6, 6.07) is 20.5. The Morgan fingerprint density at radius 1 is 0.926 bits per heavy atom. The maximum Gasteiger partial charge on any atom is 0.223 e. The standard InChI is InChI=1S/C22H23N3OS/c26-21(12-11-18-7-3-1-4-8-18)24-13-15-25(16-14-24)22-23-20(17-27-22)19-9-5-2-6-10-19/h1-10,17H,11-16H2. The van der Waals surface area contributed by atoms with Gasteiger partial charge in [-0.05, 0) is 12.0 Å². The van der Waals surface area contributed by atoms with Gasteiger partial charge in [0.15, 0.2) is 5.13 Å². The predicted molar refractivity (Wildman–Crippen MR) is 111 cm³/mol. The van der Waals surface area contributed by atoms with Crippen LogP contribution < -0.4 is 4.90 Å². The Kier molecular flexibility index (Phi) is 5.49. The van der Waals surface area contributed by atoms with Crippen LogP contribution in [0.15, 0.2) is 66.0 Å². The highest BCUT2D eigenvalue weighted by atomic mass is 32.1. The van der Waals surface area contributed by atoms with Crippen molar-refractivity contribution in [2.24, 2.45) is 0 Å². The molecule has 0 atom stereocenters. The minimum absolute atomic E-state index is 0.252. The van der Waals surface area contributed by atoms with E-state index in [0.717, 1.165) is 49.0 Å². The molecule has 1 aromatic heterocycles. The van der Waals surface area contributed by atoms with Crippen molar-refractivity contribution < 1.29 is 4.79 Å². The summed E-state index contributed by atoms with van der Waals surface area (Å²) < 4.78 is 0. The molecule has 27 heavy (non-hydrogen) atoms. The van der Waals surface area contributed by atoms with Crippen LogP contribution in [0.5, 0.6) is 0 Å². The van der Waals surface area contributed by atoms with Crippen molar-refractivity contribution in [3.05, 3.63) is 71.6 Å². The largest absolute Gasteiger partial charge is 0.345 e. The van der Waals surface area contributed by atoms with Crippen LogP contribution in [-0.4, -0.2) is 42.0 Å². The van der Waals surface area contributed by atoms with Crippen LogP contribution in [0.2, 0.25) is 0 Å². The molecule has 0 saturated carbocycles. The molecule has 0 N–H and O–H groups in total. The average Bonchev–Trinajstić information content (AvgIpc) is 3.24. The molecule has 1 saturated heterocycles. The van der Waals surface area contributed by atoms with Gasteiger partial charge >= 0.3 is 0 Å². The van der Waals surface area contributed by atoms with Gasteiger partial charge in [-0.25, -0.2) is 4.98 Å². The van der Waals surface area contributed by atoms with Crippen LogP contribution in [0.25, 0.3) is 11.3 Å². The van der Waals surface area contributed by atoms with Crippen molar-refractivity contribution in [1.82, 2.24) is 9.88 Å². The first-order valence-electron chi connectivity index (χ1n) is 9.37. The lowest BCUT2D eigenvalue weighted by Crippen LogP contribution is -2.48. The van der Waals surface area contributed by atoms with Crippen molar-refractivity contribution in [3.8, 4) is 11.3 Å². The molecule has 1 amide bonds. The van der Waals surface area contributed by atoms with Crippen molar-refractivity contribution in [3.63, 3.8) is 0 Å². The van der Waals surface area contributed by atoms with E-state index in [1.165, 1.54) is 5.56 Å². The summed E-state index contributed by atoms with van der Waals surface area (Å²) >= 11 is 1.68. The van der Waals surface area contributed by atoms with E-state index in [2.05, 4.69) is 34.5 Å². The maximum absolute atomic E-state index is 12.5. The highest BCUT2D eigenvalue weighted by molar-refractivity contribution is 7.14. The van der Waals surface area contributed by atoms with E-state index in [0.29, 0.717) is 6.42 Å². The second-order valence-electron chi connectivity index (χ2n) is 6.73. The third-order valence-electron chi connectivity index (χ3n) is 4.93. The van der Waals surface area contributed by atoms with Gasteiger partial charge in [0.1, 0.15) is 0 Å². The summed E-state index contributed by atoms with van der Waals surface area (Å²) in [5, 5.41) is 3.16. The lowest BCUT2D eigenvalue weighted by molar-refractivity contribution is -0.131. The van der Waals surface area contributed by atoms with Crippen LogP contribution in [-0.2, 0) is 11.2 Å². The number of carbonyl (C=O) groups excluding carboxylic acids is 1. The van der Waals surface area contributed by atoms with Gasteiger partial charge in [0.25, 0.3) is 0 Å². The third kappa shape index (κ3) is 4.37. The molecule has 0 aliphatic carbocycles. The molecule has 1 aliphatic heterocycles. The number of aromatic nitrogens is 1. The molecular formula is C22H23N3OS. The number of nitrogens with zero attached hydrogens (tertiary/aromatic N) is 3. The fourth-order valence-corrected chi connectivity index (χ4v) is 4.24. The number of anilines is 1. The molecule has 3 aromatic rings. The van der Waals surface area contributed by atoms with Gasteiger partial charge in [0.2, 0.25) is 5.91 Å². The van der Waals surface area contributed by atoms with Crippen LogP contribution in [0.4, 0.5) is 5.13 Å². The zero-order chi connectivity index (χ0) is 18.5. The zero-order valence-electron chi connectivity index (χ0n) is 15.3. The summed E-state index contributed by atoms with van der Waals surface area (Å²) in [4.78, 5) is 21.6. The number of benzene rings is 2. The van der Waals surface area contributed by atoms with E-state index >= 15 is 0 Å². The number of piperazine rings is 1. The van der Waals surface area contributed by atoms with Gasteiger partial charge in [-0.1, -0.05) is 60.7 Å². The number of carbonyl (C=O) groups is 1. The van der Waals surface area contributed by atoms with E-state index in [1.807, 2.05) is 41.3 Å². The first kappa shape index (κ1) is 17.7. The number of amides is 1. The Balaban J connectivity index is 1.30. The van der Waals surface area contributed by atoms with Crippen LogP contribution in [0.1, 0.15) is 12.0 Å². The molecule has 4 rings (SSSR count). The molecule has 0 radical (unpaired) electrons. The van der Waals surface area contributed by atoms with E-state index < -0.39 is 0 Å². The second-order valence-corrected chi connectivity index (χ2v) is 7.57. The zero-order valence-corrected chi connectivity index (χ0v) is 16.1.